The van der Waals surface area contributed by atoms with Gasteiger partial charge in [0.15, 0.2) is 0 Å². The summed E-state index contributed by atoms with van der Waals surface area (Å²) in [5.74, 6) is 1.77. The summed E-state index contributed by atoms with van der Waals surface area (Å²) in [6.45, 7) is 2.65. The van der Waals surface area contributed by atoms with E-state index in [0.717, 1.165) is 37.9 Å². The Morgan fingerprint density at radius 1 is 1.25 bits per heavy atom. The third-order valence-electron chi connectivity index (χ3n) is 7.79. The number of carboxylic acid groups (broad SMARTS) is 1. The maximum absolute atomic E-state index is 11.7. The van der Waals surface area contributed by atoms with Crippen LogP contribution in [0.2, 0.25) is 0 Å². The highest BCUT2D eigenvalue weighted by molar-refractivity contribution is 5.67. The van der Waals surface area contributed by atoms with E-state index in [0.29, 0.717) is 24.5 Å². The Morgan fingerprint density at radius 3 is 2.79 bits per heavy atom. The van der Waals surface area contributed by atoms with Crippen molar-refractivity contribution in [2.75, 3.05) is 21.0 Å². The van der Waals surface area contributed by atoms with Crippen molar-refractivity contribution in [1.82, 2.24) is 0 Å². The molecule has 154 valence electrons. The summed E-state index contributed by atoms with van der Waals surface area (Å²) < 4.78 is 16.7. The average Bonchev–Trinajstić information content (AvgIpc) is 3.00. The van der Waals surface area contributed by atoms with Gasteiger partial charge in [-0.05, 0) is 84.5 Å². The minimum absolute atomic E-state index is 0.0315. The van der Waals surface area contributed by atoms with Crippen LogP contribution in [0, 0.1) is 23.2 Å². The molecule has 28 heavy (non-hydrogen) atoms. The van der Waals surface area contributed by atoms with Gasteiger partial charge in [0, 0.05) is 13.5 Å². The number of carbonyl (C=O) groups is 1. The molecule has 3 aliphatic rings. The minimum atomic E-state index is -0.696. The van der Waals surface area contributed by atoms with Gasteiger partial charge in [0.2, 0.25) is 0 Å². The molecule has 0 spiro atoms. The van der Waals surface area contributed by atoms with Gasteiger partial charge in [-0.2, -0.15) is 0 Å². The molecule has 1 N–H and O–H groups in total. The van der Waals surface area contributed by atoms with E-state index in [-0.39, 0.29) is 23.9 Å². The van der Waals surface area contributed by atoms with Crippen molar-refractivity contribution < 1.29 is 24.1 Å². The zero-order valence-corrected chi connectivity index (χ0v) is 17.1. The highest BCUT2D eigenvalue weighted by atomic mass is 16.7. The van der Waals surface area contributed by atoms with Gasteiger partial charge in [0.25, 0.3) is 0 Å². The lowest BCUT2D eigenvalue weighted by molar-refractivity contribution is -0.146. The van der Waals surface area contributed by atoms with Crippen LogP contribution in [0.3, 0.4) is 0 Å². The molecule has 2 fully saturated rings. The fraction of sp³-hybridized carbons (Fsp3) is 0.696. The molecule has 5 heteroatoms. The van der Waals surface area contributed by atoms with Crippen LogP contribution in [0.25, 0.3) is 0 Å². The second-order valence-corrected chi connectivity index (χ2v) is 9.11. The van der Waals surface area contributed by atoms with Crippen LogP contribution in [0.1, 0.15) is 56.1 Å². The van der Waals surface area contributed by atoms with Crippen molar-refractivity contribution >= 4 is 5.97 Å². The summed E-state index contributed by atoms with van der Waals surface area (Å²) >= 11 is 0. The normalized spacial score (nSPS) is 36.3. The molecule has 2 saturated carbocycles. The second kappa shape index (κ2) is 7.68. The van der Waals surface area contributed by atoms with E-state index in [1.807, 2.05) is 6.07 Å². The zero-order chi connectivity index (χ0) is 19.9. The number of carboxylic acids is 1. The van der Waals surface area contributed by atoms with Crippen LogP contribution in [0.4, 0.5) is 0 Å². The Kier molecular flexibility index (Phi) is 5.41. The quantitative estimate of drug-likeness (QED) is 0.739. The number of methoxy groups -OCH3 is 2. The van der Waals surface area contributed by atoms with Gasteiger partial charge >= 0.3 is 5.97 Å². The molecule has 5 unspecified atom stereocenters. The van der Waals surface area contributed by atoms with Gasteiger partial charge in [-0.25, -0.2) is 0 Å². The first-order valence-corrected chi connectivity index (χ1v) is 10.5. The molecule has 0 amide bonds. The van der Waals surface area contributed by atoms with Gasteiger partial charge in [0.05, 0.1) is 13.2 Å². The van der Waals surface area contributed by atoms with Gasteiger partial charge in [-0.3, -0.25) is 4.79 Å². The number of rotatable bonds is 6. The Morgan fingerprint density at radius 2 is 2.07 bits per heavy atom. The summed E-state index contributed by atoms with van der Waals surface area (Å²) in [7, 11) is 3.36. The highest BCUT2D eigenvalue weighted by Gasteiger charge is 2.58. The zero-order valence-electron chi connectivity index (χ0n) is 17.1. The third-order valence-corrected chi connectivity index (χ3v) is 7.79. The summed E-state index contributed by atoms with van der Waals surface area (Å²) in [4.78, 5) is 11.7. The third kappa shape index (κ3) is 3.22. The molecule has 0 saturated heterocycles. The van der Waals surface area contributed by atoms with Gasteiger partial charge < -0.3 is 19.3 Å². The Labute approximate surface area is 167 Å². The molecule has 0 aromatic heterocycles. The van der Waals surface area contributed by atoms with E-state index in [4.69, 9.17) is 14.2 Å². The predicted octanol–water partition coefficient (Wildman–Crippen LogP) is 4.24. The van der Waals surface area contributed by atoms with Crippen molar-refractivity contribution in [3.8, 4) is 5.75 Å². The number of fused-ring (bicyclic) bond motifs is 5. The fourth-order valence-electron chi connectivity index (χ4n) is 6.79. The molecule has 3 aliphatic carbocycles. The van der Waals surface area contributed by atoms with E-state index in [9.17, 15) is 9.90 Å². The standard InChI is InChI=1S/C23H32O5/c1-23-12-15(11-21(24)25)22-17-7-5-16(27-3)10-14(17)4-6-18(22)19(23)8-9-20(23)28-13-26-2/h5,7,10,15,18-20,22H,4,6,8-9,11-13H2,1-3H3,(H,24,25)/t15-,18?,19?,20?,22?,23?/m0/s1. The van der Waals surface area contributed by atoms with Crippen molar-refractivity contribution in [2.24, 2.45) is 23.2 Å². The highest BCUT2D eigenvalue weighted by Crippen LogP contribution is 2.64. The Bertz CT molecular complexity index is 732. The smallest absolute Gasteiger partial charge is 0.303 e. The van der Waals surface area contributed by atoms with Crippen LogP contribution >= 0.6 is 0 Å². The summed E-state index contributed by atoms with van der Waals surface area (Å²) in [6.07, 6.45) is 5.67. The lowest BCUT2D eigenvalue weighted by atomic mass is 9.51. The van der Waals surface area contributed by atoms with Crippen LogP contribution in [-0.2, 0) is 20.7 Å². The van der Waals surface area contributed by atoms with Crippen molar-refractivity contribution in [3.05, 3.63) is 29.3 Å². The SMILES string of the molecule is COCOC1CCC2C3CCc4cc(OC)ccc4C3[C@@H](CC(=O)O)CC12C. The second-order valence-electron chi connectivity index (χ2n) is 9.11. The molecule has 0 aliphatic heterocycles. The molecule has 0 bridgehead atoms. The van der Waals surface area contributed by atoms with Gasteiger partial charge in [-0.1, -0.05) is 13.0 Å². The van der Waals surface area contributed by atoms with E-state index in [2.05, 4.69) is 19.1 Å². The fourth-order valence-corrected chi connectivity index (χ4v) is 6.79. The minimum Gasteiger partial charge on any atom is -0.497 e. The van der Waals surface area contributed by atoms with E-state index < -0.39 is 5.97 Å². The monoisotopic (exact) mass is 388 g/mol. The van der Waals surface area contributed by atoms with Crippen molar-refractivity contribution in [1.29, 1.82) is 0 Å². The average molecular weight is 389 g/mol. The number of hydrogen-bond acceptors (Lipinski definition) is 4. The molecular weight excluding hydrogens is 356 g/mol. The topological polar surface area (TPSA) is 65.0 Å². The Hall–Kier alpha value is -1.59. The molecule has 0 radical (unpaired) electrons. The lowest BCUT2D eigenvalue weighted by Crippen LogP contribution is -2.49. The van der Waals surface area contributed by atoms with Crippen LogP contribution in [0.15, 0.2) is 18.2 Å². The number of benzene rings is 1. The summed E-state index contributed by atoms with van der Waals surface area (Å²) in [5.41, 5.74) is 2.72. The first-order valence-electron chi connectivity index (χ1n) is 10.5. The number of aliphatic carboxylic acids is 1. The summed E-state index contributed by atoms with van der Waals surface area (Å²) in [6, 6.07) is 6.37. The molecular formula is C23H32O5. The Balaban J connectivity index is 1.70. The molecule has 1 aromatic rings. The van der Waals surface area contributed by atoms with Crippen LogP contribution < -0.4 is 4.74 Å². The maximum atomic E-state index is 11.7. The van der Waals surface area contributed by atoms with Gasteiger partial charge in [-0.15, -0.1) is 0 Å². The number of hydrogen-bond donors (Lipinski definition) is 1. The first kappa shape index (κ1) is 19.7. The van der Waals surface area contributed by atoms with Crippen LogP contribution in [-0.4, -0.2) is 38.2 Å². The van der Waals surface area contributed by atoms with E-state index >= 15 is 0 Å². The van der Waals surface area contributed by atoms with Crippen molar-refractivity contribution in [2.45, 2.75) is 57.5 Å². The first-order chi connectivity index (χ1) is 13.5. The molecule has 5 nitrogen and oxygen atoms in total. The molecule has 4 rings (SSSR count). The van der Waals surface area contributed by atoms with Crippen molar-refractivity contribution in [3.63, 3.8) is 0 Å². The number of ether oxygens (including phenoxy) is 3. The van der Waals surface area contributed by atoms with E-state index in [1.54, 1.807) is 14.2 Å². The molecule has 6 atom stereocenters. The molecule has 1 aromatic carbocycles. The largest absolute Gasteiger partial charge is 0.497 e. The van der Waals surface area contributed by atoms with E-state index in [1.165, 1.54) is 11.1 Å². The molecule has 0 heterocycles. The summed E-state index contributed by atoms with van der Waals surface area (Å²) in [5, 5.41) is 9.65. The predicted molar refractivity (Wildman–Crippen MR) is 105 cm³/mol. The van der Waals surface area contributed by atoms with Gasteiger partial charge in [0.1, 0.15) is 12.5 Å². The lowest BCUT2D eigenvalue weighted by Gasteiger charge is -2.54. The van der Waals surface area contributed by atoms with Crippen LogP contribution in [0.5, 0.6) is 5.75 Å². The maximum Gasteiger partial charge on any atom is 0.303 e. The number of aryl methyl sites for hydroxylation is 1.